The fourth-order valence-electron chi connectivity index (χ4n) is 6.46. The Hall–Kier alpha value is -6.52. The van der Waals surface area contributed by atoms with Gasteiger partial charge in [-0.05, 0) is 51.6 Å². The zero-order valence-corrected chi connectivity index (χ0v) is 26.0. The van der Waals surface area contributed by atoms with Crippen LogP contribution in [0.1, 0.15) is 0 Å². The molecule has 0 bridgehead atoms. The van der Waals surface area contributed by atoms with Crippen molar-refractivity contribution in [2.45, 2.75) is 0 Å². The van der Waals surface area contributed by atoms with E-state index in [0.29, 0.717) is 17.5 Å². The van der Waals surface area contributed by atoms with Gasteiger partial charge >= 0.3 is 0 Å². The van der Waals surface area contributed by atoms with E-state index in [4.69, 9.17) is 19.9 Å². The van der Waals surface area contributed by atoms with Crippen LogP contribution in [0.5, 0.6) is 0 Å². The number of fused-ring (bicyclic) bond motifs is 4. The van der Waals surface area contributed by atoms with Crippen LogP contribution < -0.4 is 0 Å². The summed E-state index contributed by atoms with van der Waals surface area (Å²) >= 11 is 0. The molecule has 0 atom stereocenters. The SMILES string of the molecule is c1ccc(-c2ccc(-c3nc(-c4ccccc4)nc(-c4cccc(-c5nc6ccccc6c6cc7ccccc7cc56)c4)n3)cc2)cc1. The van der Waals surface area contributed by atoms with Crippen molar-refractivity contribution in [1.82, 2.24) is 19.9 Å². The summed E-state index contributed by atoms with van der Waals surface area (Å²) in [5, 5.41) is 5.85. The molecule has 0 amide bonds. The molecule has 0 saturated heterocycles. The lowest BCUT2D eigenvalue weighted by Gasteiger charge is -2.13. The molecule has 224 valence electrons. The van der Waals surface area contributed by atoms with E-state index in [1.54, 1.807) is 0 Å². The summed E-state index contributed by atoms with van der Waals surface area (Å²) in [5.41, 5.74) is 8.00. The van der Waals surface area contributed by atoms with Crippen molar-refractivity contribution < 1.29 is 0 Å². The molecule has 0 unspecified atom stereocenters. The normalized spacial score (nSPS) is 11.3. The lowest BCUT2D eigenvalue weighted by molar-refractivity contribution is 1.07. The fourth-order valence-corrected chi connectivity index (χ4v) is 6.46. The smallest absolute Gasteiger partial charge is 0.164 e. The third-order valence-corrected chi connectivity index (χ3v) is 8.88. The molecule has 0 N–H and O–H groups in total. The van der Waals surface area contributed by atoms with E-state index in [-0.39, 0.29) is 0 Å². The van der Waals surface area contributed by atoms with Crippen LogP contribution in [-0.2, 0) is 0 Å². The van der Waals surface area contributed by atoms with Crippen molar-refractivity contribution in [2.75, 3.05) is 0 Å². The van der Waals surface area contributed by atoms with Gasteiger partial charge in [0.25, 0.3) is 0 Å². The van der Waals surface area contributed by atoms with Crippen LogP contribution in [-0.4, -0.2) is 19.9 Å². The monoisotopic (exact) mass is 612 g/mol. The van der Waals surface area contributed by atoms with Crippen LogP contribution >= 0.6 is 0 Å². The molecule has 0 spiro atoms. The topological polar surface area (TPSA) is 51.6 Å². The minimum absolute atomic E-state index is 0.614. The number of aromatic nitrogens is 4. The van der Waals surface area contributed by atoms with Crippen LogP contribution in [0.3, 0.4) is 0 Å². The van der Waals surface area contributed by atoms with Crippen molar-refractivity contribution in [3.63, 3.8) is 0 Å². The molecule has 0 fully saturated rings. The minimum atomic E-state index is 0.614. The first kappa shape index (κ1) is 27.8. The summed E-state index contributed by atoms with van der Waals surface area (Å²) in [4.78, 5) is 20.2. The maximum absolute atomic E-state index is 5.23. The lowest BCUT2D eigenvalue weighted by atomic mass is 9.96. The zero-order chi connectivity index (χ0) is 31.9. The summed E-state index contributed by atoms with van der Waals surface area (Å²) in [7, 11) is 0. The van der Waals surface area contributed by atoms with E-state index in [2.05, 4.69) is 127 Å². The third-order valence-electron chi connectivity index (χ3n) is 8.88. The van der Waals surface area contributed by atoms with Crippen LogP contribution in [0.2, 0.25) is 0 Å². The summed E-state index contributed by atoms with van der Waals surface area (Å²) in [6.45, 7) is 0. The number of hydrogen-bond acceptors (Lipinski definition) is 4. The summed E-state index contributed by atoms with van der Waals surface area (Å²) in [6.07, 6.45) is 0. The second-order valence-corrected chi connectivity index (χ2v) is 11.9. The number of pyridine rings is 1. The van der Waals surface area contributed by atoms with E-state index in [0.717, 1.165) is 49.8 Å². The first-order valence-corrected chi connectivity index (χ1v) is 16.1. The molecule has 48 heavy (non-hydrogen) atoms. The highest BCUT2D eigenvalue weighted by molar-refractivity contribution is 6.15. The van der Waals surface area contributed by atoms with Gasteiger partial charge in [0.05, 0.1) is 11.2 Å². The maximum atomic E-state index is 5.23. The zero-order valence-electron chi connectivity index (χ0n) is 26.0. The molecule has 0 saturated carbocycles. The molecule has 2 aromatic heterocycles. The van der Waals surface area contributed by atoms with Gasteiger partial charge in [-0.2, -0.15) is 0 Å². The summed E-state index contributed by atoms with van der Waals surface area (Å²) in [6, 6.07) is 58.7. The fraction of sp³-hybridized carbons (Fsp3) is 0. The Balaban J connectivity index is 1.20. The van der Waals surface area contributed by atoms with Gasteiger partial charge in [0.1, 0.15) is 0 Å². The third kappa shape index (κ3) is 5.06. The average Bonchev–Trinajstić information content (AvgIpc) is 3.17. The van der Waals surface area contributed by atoms with Crippen LogP contribution in [0.15, 0.2) is 170 Å². The Morgan fingerprint density at radius 3 is 1.46 bits per heavy atom. The number of hydrogen-bond donors (Lipinski definition) is 0. The van der Waals surface area contributed by atoms with Crippen LogP contribution in [0.25, 0.3) is 89.0 Å². The van der Waals surface area contributed by atoms with Crippen LogP contribution in [0.4, 0.5) is 0 Å². The van der Waals surface area contributed by atoms with E-state index >= 15 is 0 Å². The Morgan fingerprint density at radius 1 is 0.271 bits per heavy atom. The first-order valence-electron chi connectivity index (χ1n) is 16.1. The van der Waals surface area contributed by atoms with Crippen molar-refractivity contribution in [3.8, 4) is 56.5 Å². The quantitative estimate of drug-likeness (QED) is 0.143. The molecule has 4 heteroatoms. The van der Waals surface area contributed by atoms with Crippen molar-refractivity contribution in [1.29, 1.82) is 0 Å². The highest BCUT2D eigenvalue weighted by Gasteiger charge is 2.16. The Bertz CT molecular complexity index is 2600. The van der Waals surface area contributed by atoms with Gasteiger partial charge in [-0.25, -0.2) is 19.9 Å². The second kappa shape index (κ2) is 11.7. The van der Waals surface area contributed by atoms with Gasteiger partial charge in [-0.1, -0.05) is 146 Å². The van der Waals surface area contributed by atoms with Crippen molar-refractivity contribution in [3.05, 3.63) is 170 Å². The highest BCUT2D eigenvalue weighted by atomic mass is 15.0. The Labute approximate surface area is 278 Å². The Morgan fingerprint density at radius 2 is 0.750 bits per heavy atom. The number of rotatable bonds is 5. The average molecular weight is 613 g/mol. The standard InChI is InChI=1S/C44H28N4/c1-3-12-29(13-4-1)30-22-24-32(25-23-30)43-46-42(31-14-5-2-6-15-31)47-44(48-43)36-19-11-18-35(26-36)41-39-28-34-17-8-7-16-33(34)27-38(39)37-20-9-10-21-40(37)45-41/h1-28H. The van der Waals surface area contributed by atoms with Gasteiger partial charge in [0.15, 0.2) is 17.5 Å². The van der Waals surface area contributed by atoms with Gasteiger partial charge in [-0.3, -0.25) is 0 Å². The number of benzene rings is 7. The second-order valence-electron chi connectivity index (χ2n) is 11.9. The molecule has 0 aliphatic heterocycles. The molecule has 0 aliphatic carbocycles. The first-order chi connectivity index (χ1) is 23.8. The summed E-state index contributed by atoms with van der Waals surface area (Å²) < 4.78 is 0. The minimum Gasteiger partial charge on any atom is -0.247 e. The van der Waals surface area contributed by atoms with Gasteiger partial charge in [0.2, 0.25) is 0 Å². The maximum Gasteiger partial charge on any atom is 0.164 e. The molecular weight excluding hydrogens is 585 g/mol. The van der Waals surface area contributed by atoms with E-state index in [1.165, 1.54) is 21.7 Å². The van der Waals surface area contributed by atoms with E-state index in [9.17, 15) is 0 Å². The molecule has 4 nitrogen and oxygen atoms in total. The van der Waals surface area contributed by atoms with Gasteiger partial charge < -0.3 is 0 Å². The van der Waals surface area contributed by atoms with Crippen molar-refractivity contribution >= 4 is 32.4 Å². The van der Waals surface area contributed by atoms with E-state index in [1.807, 2.05) is 42.5 Å². The Kier molecular flexibility index (Phi) is 6.76. The predicted octanol–water partition coefficient (Wildman–Crippen LogP) is 11.1. The molecule has 0 aliphatic rings. The number of para-hydroxylation sites is 1. The predicted molar refractivity (Wildman–Crippen MR) is 197 cm³/mol. The van der Waals surface area contributed by atoms with Gasteiger partial charge in [-0.15, -0.1) is 0 Å². The molecule has 9 rings (SSSR count). The summed E-state index contributed by atoms with van der Waals surface area (Å²) in [5.74, 6) is 1.88. The molecule has 7 aromatic carbocycles. The molecule has 0 radical (unpaired) electrons. The molecular formula is C44H28N4. The van der Waals surface area contributed by atoms with Gasteiger partial charge in [0, 0.05) is 33.0 Å². The highest BCUT2D eigenvalue weighted by Crippen LogP contribution is 2.36. The van der Waals surface area contributed by atoms with Crippen LogP contribution in [0, 0.1) is 0 Å². The number of nitrogens with zero attached hydrogens (tertiary/aromatic N) is 4. The molecule has 2 heterocycles. The largest absolute Gasteiger partial charge is 0.247 e. The lowest BCUT2D eigenvalue weighted by Crippen LogP contribution is -2.00. The van der Waals surface area contributed by atoms with Crippen molar-refractivity contribution in [2.24, 2.45) is 0 Å². The molecule has 9 aromatic rings. The van der Waals surface area contributed by atoms with E-state index < -0.39 is 0 Å².